The summed E-state index contributed by atoms with van der Waals surface area (Å²) in [5, 5.41) is 14.3. The minimum atomic E-state index is -0.264. The first kappa shape index (κ1) is 25.2. The van der Waals surface area contributed by atoms with Gasteiger partial charge in [-0.25, -0.2) is 0 Å². The van der Waals surface area contributed by atoms with Gasteiger partial charge in [-0.3, -0.25) is 9.69 Å². The summed E-state index contributed by atoms with van der Waals surface area (Å²) < 4.78 is 18.5. The van der Waals surface area contributed by atoms with Crippen molar-refractivity contribution in [2.45, 2.75) is 13.1 Å². The van der Waals surface area contributed by atoms with Crippen LogP contribution >= 0.6 is 11.3 Å². The van der Waals surface area contributed by atoms with Crippen LogP contribution in [-0.4, -0.2) is 53.9 Å². The fraction of sp³-hybridized carbons (Fsp3) is 0.233. The molecule has 1 amide bonds. The van der Waals surface area contributed by atoms with Gasteiger partial charge in [-0.2, -0.15) is 0 Å². The molecule has 5 aromatic rings. The quantitative estimate of drug-likeness (QED) is 0.277. The van der Waals surface area contributed by atoms with E-state index in [1.165, 1.54) is 15.6 Å². The maximum absolute atomic E-state index is 12.6. The highest BCUT2D eigenvalue weighted by Gasteiger charge is 2.17. The lowest BCUT2D eigenvalue weighted by Gasteiger charge is -2.27. The fourth-order valence-electron chi connectivity index (χ4n) is 4.60. The number of amides is 1. The van der Waals surface area contributed by atoms with Crippen molar-refractivity contribution in [1.29, 1.82) is 0 Å². The number of thiophene rings is 1. The molecule has 0 spiro atoms. The van der Waals surface area contributed by atoms with Crippen LogP contribution in [0, 0.1) is 0 Å². The largest absolute Gasteiger partial charge is 0.483 e. The number of ether oxygens (including phenoxy) is 2. The van der Waals surface area contributed by atoms with Gasteiger partial charge in [0.2, 0.25) is 11.8 Å². The van der Waals surface area contributed by atoms with E-state index in [9.17, 15) is 4.79 Å². The lowest BCUT2D eigenvalue weighted by atomic mass is 10.0. The van der Waals surface area contributed by atoms with Crippen LogP contribution in [-0.2, 0) is 22.6 Å². The van der Waals surface area contributed by atoms with Gasteiger partial charge in [0, 0.05) is 46.4 Å². The molecule has 39 heavy (non-hydrogen) atoms. The molecular weight excluding hydrogens is 512 g/mol. The lowest BCUT2D eigenvalue weighted by molar-refractivity contribution is -0.123. The summed E-state index contributed by atoms with van der Waals surface area (Å²) in [5.74, 6) is 1.19. The molecule has 1 saturated heterocycles. The zero-order valence-corrected chi connectivity index (χ0v) is 22.2. The first-order valence-corrected chi connectivity index (χ1v) is 13.8. The van der Waals surface area contributed by atoms with E-state index in [4.69, 9.17) is 13.9 Å². The van der Waals surface area contributed by atoms with Crippen LogP contribution < -0.4 is 10.1 Å². The summed E-state index contributed by atoms with van der Waals surface area (Å²) in [6.45, 7) is 3.90. The summed E-state index contributed by atoms with van der Waals surface area (Å²) >= 11 is 1.74. The minimum Gasteiger partial charge on any atom is -0.483 e. The molecule has 2 aromatic heterocycles. The normalized spacial score (nSPS) is 13.9. The first-order valence-electron chi connectivity index (χ1n) is 12.9. The molecule has 1 aliphatic heterocycles. The Balaban J connectivity index is 1.14. The standard InChI is InChI=1S/C30H28N4O4S/c35-28(31-17-29-32-33-30(38-29)21-6-2-1-3-7-21)19-37-26-11-10-22(16-23(26)18-34-12-14-36-15-13-34)25-20-39-27-9-5-4-8-24(25)27/h1-11,16,20H,12-15,17-19H2,(H,31,35). The third kappa shape index (κ3) is 6.01. The highest BCUT2D eigenvalue weighted by Crippen LogP contribution is 2.36. The van der Waals surface area contributed by atoms with Gasteiger partial charge < -0.3 is 19.2 Å². The maximum Gasteiger partial charge on any atom is 0.258 e. The number of fused-ring (bicyclic) bond motifs is 1. The van der Waals surface area contributed by atoms with Crippen LogP contribution in [0.1, 0.15) is 11.5 Å². The van der Waals surface area contributed by atoms with Gasteiger partial charge in [0.1, 0.15) is 5.75 Å². The Morgan fingerprint density at radius 2 is 1.79 bits per heavy atom. The Morgan fingerprint density at radius 3 is 2.67 bits per heavy atom. The number of nitrogens with one attached hydrogen (secondary N) is 1. The van der Waals surface area contributed by atoms with Crippen LogP contribution in [0.4, 0.5) is 0 Å². The zero-order chi connectivity index (χ0) is 26.4. The van der Waals surface area contributed by atoms with Gasteiger partial charge in [0.15, 0.2) is 6.61 Å². The van der Waals surface area contributed by atoms with Crippen LogP contribution in [0.25, 0.3) is 32.7 Å². The van der Waals surface area contributed by atoms with E-state index < -0.39 is 0 Å². The highest BCUT2D eigenvalue weighted by atomic mass is 32.1. The number of carbonyl (C=O) groups excluding carboxylic acids is 1. The van der Waals surface area contributed by atoms with Crippen molar-refractivity contribution in [2.24, 2.45) is 0 Å². The molecule has 3 heterocycles. The third-order valence-electron chi connectivity index (χ3n) is 6.63. The number of hydrogen-bond donors (Lipinski definition) is 1. The summed E-state index contributed by atoms with van der Waals surface area (Å²) in [4.78, 5) is 15.0. The van der Waals surface area contributed by atoms with E-state index >= 15 is 0 Å². The van der Waals surface area contributed by atoms with Gasteiger partial charge in [-0.15, -0.1) is 21.5 Å². The van der Waals surface area contributed by atoms with E-state index in [0.29, 0.717) is 17.5 Å². The highest BCUT2D eigenvalue weighted by molar-refractivity contribution is 7.17. The Hall–Kier alpha value is -4.05. The molecular formula is C30H28N4O4S. The molecule has 8 nitrogen and oxygen atoms in total. The summed E-state index contributed by atoms with van der Waals surface area (Å²) in [5.41, 5.74) is 4.22. The molecule has 1 N–H and O–H groups in total. The van der Waals surface area contributed by atoms with Gasteiger partial charge in [0.25, 0.3) is 5.91 Å². The minimum absolute atomic E-state index is 0.115. The van der Waals surface area contributed by atoms with Crippen molar-refractivity contribution in [3.05, 3.63) is 89.6 Å². The molecule has 3 aromatic carbocycles. The zero-order valence-electron chi connectivity index (χ0n) is 21.3. The number of nitrogens with zero attached hydrogens (tertiary/aromatic N) is 3. The monoisotopic (exact) mass is 540 g/mol. The van der Waals surface area contributed by atoms with Crippen molar-refractivity contribution in [2.75, 3.05) is 32.9 Å². The second kappa shape index (κ2) is 11.8. The number of morpholine rings is 1. The predicted octanol–water partition coefficient (Wildman–Crippen LogP) is 5.15. The fourth-order valence-corrected chi connectivity index (χ4v) is 5.57. The van der Waals surface area contributed by atoms with Crippen LogP contribution in [0.5, 0.6) is 5.75 Å². The number of hydrogen-bond acceptors (Lipinski definition) is 8. The van der Waals surface area contributed by atoms with Crippen LogP contribution in [0.3, 0.4) is 0 Å². The van der Waals surface area contributed by atoms with E-state index in [2.05, 4.69) is 62.2 Å². The lowest BCUT2D eigenvalue weighted by Crippen LogP contribution is -2.35. The maximum atomic E-state index is 12.6. The molecule has 0 atom stereocenters. The predicted molar refractivity (Wildman–Crippen MR) is 150 cm³/mol. The summed E-state index contributed by atoms with van der Waals surface area (Å²) in [7, 11) is 0. The van der Waals surface area contributed by atoms with E-state index in [1.54, 1.807) is 11.3 Å². The van der Waals surface area contributed by atoms with Gasteiger partial charge in [0.05, 0.1) is 19.8 Å². The van der Waals surface area contributed by atoms with Crippen molar-refractivity contribution < 1.29 is 18.7 Å². The van der Waals surface area contributed by atoms with Crippen LogP contribution in [0.2, 0.25) is 0 Å². The van der Waals surface area contributed by atoms with Crippen LogP contribution in [0.15, 0.2) is 82.6 Å². The van der Waals surface area contributed by atoms with Gasteiger partial charge in [-0.1, -0.05) is 42.5 Å². The Morgan fingerprint density at radius 1 is 0.974 bits per heavy atom. The molecule has 198 valence electrons. The Kier molecular flexibility index (Phi) is 7.62. The molecule has 0 bridgehead atoms. The van der Waals surface area contributed by atoms with Crippen molar-refractivity contribution in [3.8, 4) is 28.3 Å². The number of rotatable bonds is 9. The molecule has 6 rings (SSSR count). The molecule has 1 fully saturated rings. The molecule has 1 aliphatic rings. The Labute approximate surface area is 230 Å². The molecule has 0 saturated carbocycles. The smallest absolute Gasteiger partial charge is 0.258 e. The molecule has 0 radical (unpaired) electrons. The van der Waals surface area contributed by atoms with Crippen molar-refractivity contribution in [1.82, 2.24) is 20.4 Å². The number of benzene rings is 3. The third-order valence-corrected chi connectivity index (χ3v) is 7.60. The second-order valence-corrected chi connectivity index (χ2v) is 10.2. The molecule has 9 heteroatoms. The second-order valence-electron chi connectivity index (χ2n) is 9.29. The summed E-state index contributed by atoms with van der Waals surface area (Å²) in [6, 6.07) is 24.2. The van der Waals surface area contributed by atoms with Gasteiger partial charge in [-0.05, 0) is 41.3 Å². The van der Waals surface area contributed by atoms with E-state index in [1.807, 2.05) is 36.4 Å². The van der Waals surface area contributed by atoms with Gasteiger partial charge >= 0.3 is 0 Å². The molecule has 0 aliphatic carbocycles. The topological polar surface area (TPSA) is 89.7 Å². The average molecular weight is 541 g/mol. The van der Waals surface area contributed by atoms with E-state index in [0.717, 1.165) is 49.5 Å². The van der Waals surface area contributed by atoms with Crippen molar-refractivity contribution in [3.63, 3.8) is 0 Å². The van der Waals surface area contributed by atoms with Crippen molar-refractivity contribution >= 4 is 27.3 Å². The number of aromatic nitrogens is 2. The summed E-state index contributed by atoms with van der Waals surface area (Å²) in [6.07, 6.45) is 0. The molecule has 0 unspecified atom stereocenters. The first-order chi connectivity index (χ1) is 19.2. The van der Waals surface area contributed by atoms with E-state index in [-0.39, 0.29) is 19.1 Å². The average Bonchev–Trinajstić information content (AvgIpc) is 3.64. The SMILES string of the molecule is O=C(COc1ccc(-c2csc3ccccc23)cc1CN1CCOCC1)NCc1nnc(-c2ccccc2)o1. The number of carbonyl (C=O) groups is 1. The Bertz CT molecular complexity index is 1560.